The third kappa shape index (κ3) is 5.49. The van der Waals surface area contributed by atoms with Crippen LogP contribution in [0.3, 0.4) is 0 Å². The Balaban J connectivity index is 1.77. The number of rotatable bonds is 7. The quantitative estimate of drug-likeness (QED) is 0.715. The van der Waals surface area contributed by atoms with Crippen molar-refractivity contribution >= 4 is 6.03 Å². The highest BCUT2D eigenvalue weighted by molar-refractivity contribution is 5.74. The number of aliphatic hydroxyl groups excluding tert-OH is 1. The molecular weight excluding hydrogens is 296 g/mol. The lowest BCUT2D eigenvalue weighted by Crippen LogP contribution is -2.41. The molecule has 0 saturated heterocycles. The Kier molecular flexibility index (Phi) is 6.38. The van der Waals surface area contributed by atoms with Crippen molar-refractivity contribution in [1.29, 1.82) is 0 Å². The van der Waals surface area contributed by atoms with Gasteiger partial charge in [-0.1, -0.05) is 31.8 Å². The van der Waals surface area contributed by atoms with Crippen LogP contribution >= 0.6 is 0 Å². The summed E-state index contributed by atoms with van der Waals surface area (Å²) in [6, 6.07) is -0.708. The van der Waals surface area contributed by atoms with Crippen LogP contribution in [0.1, 0.15) is 76.6 Å². The number of hydrogen-bond acceptors (Lipinski definition) is 5. The molecule has 1 aliphatic rings. The molecule has 1 heterocycles. The van der Waals surface area contributed by atoms with Crippen LogP contribution in [0, 0.1) is 5.92 Å². The van der Waals surface area contributed by atoms with Gasteiger partial charge < -0.3 is 20.3 Å². The van der Waals surface area contributed by atoms with Crippen molar-refractivity contribution in [2.75, 3.05) is 6.54 Å². The molecule has 3 N–H and O–H groups in total. The molecule has 0 spiro atoms. The Morgan fingerprint density at radius 3 is 2.70 bits per heavy atom. The summed E-state index contributed by atoms with van der Waals surface area (Å²) in [6.07, 6.45) is 4.76. The molecule has 0 bridgehead atoms. The first-order valence-electron chi connectivity index (χ1n) is 8.51. The van der Waals surface area contributed by atoms with Crippen LogP contribution in [0.5, 0.6) is 0 Å². The lowest BCUT2D eigenvalue weighted by Gasteiger charge is -2.15. The molecular formula is C16H28N4O3. The van der Waals surface area contributed by atoms with Gasteiger partial charge in [-0.25, -0.2) is 4.79 Å². The smallest absolute Gasteiger partial charge is 0.315 e. The van der Waals surface area contributed by atoms with Crippen LogP contribution in [-0.2, 0) is 0 Å². The topological polar surface area (TPSA) is 100 Å². The van der Waals surface area contributed by atoms with E-state index < -0.39 is 6.10 Å². The van der Waals surface area contributed by atoms with E-state index >= 15 is 0 Å². The van der Waals surface area contributed by atoms with Crippen molar-refractivity contribution in [2.24, 2.45) is 5.92 Å². The number of aromatic nitrogens is 2. The van der Waals surface area contributed by atoms with Crippen LogP contribution in [0.25, 0.3) is 0 Å². The largest absolute Gasteiger partial charge is 0.391 e. The molecule has 0 radical (unpaired) electrons. The first kappa shape index (κ1) is 17.7. The molecule has 7 nitrogen and oxygen atoms in total. The van der Waals surface area contributed by atoms with E-state index in [-0.39, 0.29) is 18.6 Å². The maximum absolute atomic E-state index is 11.9. The Labute approximate surface area is 137 Å². The minimum atomic E-state index is -0.534. The molecule has 1 aliphatic carbocycles. The summed E-state index contributed by atoms with van der Waals surface area (Å²) in [7, 11) is 0. The zero-order valence-electron chi connectivity index (χ0n) is 14.2. The number of nitrogens with zero attached hydrogens (tertiary/aromatic N) is 2. The number of carbonyl (C=O) groups is 1. The fourth-order valence-electron chi connectivity index (χ4n) is 2.92. The third-order valence-corrected chi connectivity index (χ3v) is 4.14. The molecule has 1 aromatic rings. The zero-order chi connectivity index (χ0) is 16.8. The molecule has 23 heavy (non-hydrogen) atoms. The van der Waals surface area contributed by atoms with Crippen molar-refractivity contribution in [3.63, 3.8) is 0 Å². The maximum atomic E-state index is 11.9. The standard InChI is InChI=1S/C16H28N4O3/c1-10(2)8-13(21)9-17-16(22)18-11(3)15-19-14(20-23-15)12-6-4-5-7-12/h10-13,21H,4-9H2,1-3H3,(H2,17,18,22). The van der Waals surface area contributed by atoms with Gasteiger partial charge in [0, 0.05) is 12.5 Å². The van der Waals surface area contributed by atoms with Crippen molar-refractivity contribution in [3.05, 3.63) is 11.7 Å². The molecule has 2 amide bonds. The summed E-state index contributed by atoms with van der Waals surface area (Å²) in [4.78, 5) is 16.3. The van der Waals surface area contributed by atoms with Gasteiger partial charge in [-0.3, -0.25) is 0 Å². The summed E-state index contributed by atoms with van der Waals surface area (Å²) in [5, 5.41) is 19.2. The van der Waals surface area contributed by atoms with E-state index in [0.717, 1.165) is 18.7 Å². The summed E-state index contributed by atoms with van der Waals surface area (Å²) >= 11 is 0. The minimum absolute atomic E-state index is 0.230. The highest BCUT2D eigenvalue weighted by Gasteiger charge is 2.24. The summed E-state index contributed by atoms with van der Waals surface area (Å²) in [5.41, 5.74) is 0. The second-order valence-electron chi connectivity index (χ2n) is 6.83. The van der Waals surface area contributed by atoms with Crippen molar-refractivity contribution in [3.8, 4) is 0 Å². The number of amides is 2. The predicted molar refractivity (Wildman–Crippen MR) is 85.9 cm³/mol. The number of urea groups is 1. The van der Waals surface area contributed by atoms with E-state index in [4.69, 9.17) is 4.52 Å². The lowest BCUT2D eigenvalue weighted by atomic mass is 10.1. The Morgan fingerprint density at radius 1 is 1.35 bits per heavy atom. The molecule has 1 saturated carbocycles. The van der Waals surface area contributed by atoms with Gasteiger partial charge in [0.15, 0.2) is 5.82 Å². The molecule has 2 unspecified atom stereocenters. The lowest BCUT2D eigenvalue weighted by molar-refractivity contribution is 0.146. The fraction of sp³-hybridized carbons (Fsp3) is 0.812. The Bertz CT molecular complexity index is 497. The van der Waals surface area contributed by atoms with E-state index in [2.05, 4.69) is 20.8 Å². The van der Waals surface area contributed by atoms with Gasteiger partial charge in [0.05, 0.1) is 6.10 Å². The molecule has 2 atom stereocenters. The molecule has 0 aliphatic heterocycles. The van der Waals surface area contributed by atoms with E-state index in [1.165, 1.54) is 12.8 Å². The van der Waals surface area contributed by atoms with E-state index in [1.54, 1.807) is 6.92 Å². The number of hydrogen-bond donors (Lipinski definition) is 3. The SMILES string of the molecule is CC(C)CC(O)CNC(=O)NC(C)c1nc(C2CCCC2)no1. The Morgan fingerprint density at radius 2 is 2.04 bits per heavy atom. The molecule has 1 aromatic heterocycles. The second kappa shape index (κ2) is 8.29. The summed E-state index contributed by atoms with van der Waals surface area (Å²) in [6.45, 7) is 6.09. The van der Waals surface area contributed by atoms with Crippen molar-refractivity contribution in [1.82, 2.24) is 20.8 Å². The molecule has 7 heteroatoms. The van der Waals surface area contributed by atoms with Crippen molar-refractivity contribution in [2.45, 2.75) is 70.9 Å². The fourth-order valence-corrected chi connectivity index (χ4v) is 2.92. The van der Waals surface area contributed by atoms with Crippen LogP contribution in [0.2, 0.25) is 0 Å². The number of aliphatic hydroxyl groups is 1. The van der Waals surface area contributed by atoms with E-state index in [9.17, 15) is 9.90 Å². The van der Waals surface area contributed by atoms with Gasteiger partial charge in [-0.15, -0.1) is 0 Å². The highest BCUT2D eigenvalue weighted by Crippen LogP contribution is 2.32. The average Bonchev–Trinajstić information content (AvgIpc) is 3.14. The maximum Gasteiger partial charge on any atom is 0.315 e. The van der Waals surface area contributed by atoms with Crippen LogP contribution < -0.4 is 10.6 Å². The third-order valence-electron chi connectivity index (χ3n) is 4.14. The van der Waals surface area contributed by atoms with Gasteiger partial charge in [0.2, 0.25) is 5.89 Å². The first-order chi connectivity index (χ1) is 11.0. The van der Waals surface area contributed by atoms with Crippen LogP contribution in [0.15, 0.2) is 4.52 Å². The molecule has 2 rings (SSSR count). The number of carbonyl (C=O) groups excluding carboxylic acids is 1. The van der Waals surface area contributed by atoms with Crippen LogP contribution in [-0.4, -0.2) is 33.9 Å². The average molecular weight is 324 g/mol. The molecule has 0 aromatic carbocycles. The highest BCUT2D eigenvalue weighted by atomic mass is 16.5. The van der Waals surface area contributed by atoms with Crippen LogP contribution in [0.4, 0.5) is 4.79 Å². The van der Waals surface area contributed by atoms with E-state index in [1.807, 2.05) is 13.8 Å². The van der Waals surface area contributed by atoms with Gasteiger partial charge in [0.25, 0.3) is 0 Å². The second-order valence-corrected chi connectivity index (χ2v) is 6.83. The van der Waals surface area contributed by atoms with Gasteiger partial charge >= 0.3 is 6.03 Å². The van der Waals surface area contributed by atoms with Gasteiger partial charge in [-0.05, 0) is 32.1 Å². The predicted octanol–water partition coefficient (Wildman–Crippen LogP) is 2.49. The van der Waals surface area contributed by atoms with Gasteiger partial charge in [0.1, 0.15) is 6.04 Å². The first-order valence-corrected chi connectivity index (χ1v) is 8.51. The molecule has 130 valence electrons. The molecule has 1 fully saturated rings. The van der Waals surface area contributed by atoms with Gasteiger partial charge in [-0.2, -0.15) is 4.98 Å². The monoisotopic (exact) mass is 324 g/mol. The summed E-state index contributed by atoms with van der Waals surface area (Å²) in [5.74, 6) is 1.95. The van der Waals surface area contributed by atoms with Crippen molar-refractivity contribution < 1.29 is 14.4 Å². The zero-order valence-corrected chi connectivity index (χ0v) is 14.2. The minimum Gasteiger partial charge on any atom is -0.391 e. The van der Waals surface area contributed by atoms with E-state index in [0.29, 0.717) is 24.1 Å². The summed E-state index contributed by atoms with van der Waals surface area (Å²) < 4.78 is 5.26. The normalized spacial score (nSPS) is 18.1. The Hall–Kier alpha value is -1.63. The number of nitrogens with one attached hydrogen (secondary N) is 2.